The molecule has 0 spiro atoms. The van der Waals surface area contributed by atoms with Crippen molar-refractivity contribution in [2.24, 2.45) is 4.99 Å². The van der Waals surface area contributed by atoms with Crippen LogP contribution in [0, 0.1) is 11.6 Å². The van der Waals surface area contributed by atoms with Crippen molar-refractivity contribution in [3.8, 4) is 0 Å². The van der Waals surface area contributed by atoms with E-state index in [1.165, 1.54) is 19.1 Å². The Labute approximate surface area is 84.2 Å². The molecule has 74 valence electrons. The van der Waals surface area contributed by atoms with E-state index in [2.05, 4.69) is 4.99 Å². The SMILES string of the molecule is CC(N=C=O)c1ccc(F)c(Cl)c1F. The van der Waals surface area contributed by atoms with E-state index in [4.69, 9.17) is 11.6 Å². The molecule has 0 saturated heterocycles. The Morgan fingerprint density at radius 2 is 2.14 bits per heavy atom. The van der Waals surface area contributed by atoms with Crippen molar-refractivity contribution in [3.63, 3.8) is 0 Å². The number of hydrogen-bond acceptors (Lipinski definition) is 2. The summed E-state index contributed by atoms with van der Waals surface area (Å²) in [6.07, 6.45) is 1.30. The molecule has 0 bridgehead atoms. The predicted molar refractivity (Wildman–Crippen MR) is 47.9 cm³/mol. The molecule has 0 aliphatic heterocycles. The first kappa shape index (κ1) is 10.8. The first-order valence-corrected chi connectivity index (χ1v) is 4.16. The zero-order valence-electron chi connectivity index (χ0n) is 7.22. The smallest absolute Gasteiger partial charge is 0.211 e. The molecule has 1 atom stereocenters. The summed E-state index contributed by atoms with van der Waals surface area (Å²) in [6.45, 7) is 1.48. The fraction of sp³-hybridized carbons (Fsp3) is 0.222. The van der Waals surface area contributed by atoms with Gasteiger partial charge >= 0.3 is 0 Å². The van der Waals surface area contributed by atoms with E-state index >= 15 is 0 Å². The van der Waals surface area contributed by atoms with E-state index in [0.29, 0.717) is 0 Å². The van der Waals surface area contributed by atoms with Crippen LogP contribution in [0.1, 0.15) is 18.5 Å². The number of rotatable bonds is 2. The molecule has 0 aliphatic rings. The number of hydrogen-bond donors (Lipinski definition) is 0. The molecule has 0 amide bonds. The predicted octanol–water partition coefficient (Wildman–Crippen LogP) is 3.02. The van der Waals surface area contributed by atoms with Crippen molar-refractivity contribution in [1.29, 1.82) is 0 Å². The third kappa shape index (κ3) is 1.97. The normalized spacial score (nSPS) is 12.0. The zero-order valence-corrected chi connectivity index (χ0v) is 7.98. The third-order valence-electron chi connectivity index (χ3n) is 1.76. The maximum absolute atomic E-state index is 13.3. The summed E-state index contributed by atoms with van der Waals surface area (Å²) in [7, 11) is 0. The number of carbonyl (C=O) groups excluding carboxylic acids is 1. The number of aliphatic imine (C=N–C) groups is 1. The van der Waals surface area contributed by atoms with Gasteiger partial charge in [-0.05, 0) is 13.0 Å². The minimum absolute atomic E-state index is 0.0692. The van der Waals surface area contributed by atoms with Crippen LogP contribution >= 0.6 is 11.6 Å². The third-order valence-corrected chi connectivity index (χ3v) is 2.11. The van der Waals surface area contributed by atoms with Crippen molar-refractivity contribution >= 4 is 17.7 Å². The molecule has 0 radical (unpaired) electrons. The lowest BCUT2D eigenvalue weighted by Crippen LogP contribution is -1.96. The summed E-state index contributed by atoms with van der Waals surface area (Å²) < 4.78 is 26.0. The highest BCUT2D eigenvalue weighted by molar-refractivity contribution is 6.30. The molecule has 1 unspecified atom stereocenters. The van der Waals surface area contributed by atoms with E-state index in [-0.39, 0.29) is 5.56 Å². The van der Waals surface area contributed by atoms with E-state index < -0.39 is 22.7 Å². The van der Waals surface area contributed by atoms with Gasteiger partial charge in [0, 0.05) is 5.56 Å². The van der Waals surface area contributed by atoms with Crippen LogP contribution in [0.15, 0.2) is 17.1 Å². The van der Waals surface area contributed by atoms with Gasteiger partial charge in [0.2, 0.25) is 6.08 Å². The van der Waals surface area contributed by atoms with Crippen molar-refractivity contribution in [2.45, 2.75) is 13.0 Å². The number of halogens is 3. The number of isocyanates is 1. The van der Waals surface area contributed by atoms with Crippen LogP contribution in [0.5, 0.6) is 0 Å². The molecule has 5 heteroatoms. The van der Waals surface area contributed by atoms with Gasteiger partial charge in [-0.25, -0.2) is 13.6 Å². The van der Waals surface area contributed by atoms with Crippen molar-refractivity contribution in [2.75, 3.05) is 0 Å². The zero-order chi connectivity index (χ0) is 10.7. The van der Waals surface area contributed by atoms with E-state index in [0.717, 1.165) is 6.07 Å². The molecule has 1 aromatic carbocycles. The van der Waals surface area contributed by atoms with Gasteiger partial charge in [0.15, 0.2) is 0 Å². The highest BCUT2D eigenvalue weighted by atomic mass is 35.5. The van der Waals surface area contributed by atoms with Crippen molar-refractivity contribution < 1.29 is 13.6 Å². The molecular weight excluding hydrogens is 212 g/mol. The summed E-state index contributed by atoms with van der Waals surface area (Å²) in [4.78, 5) is 13.2. The fourth-order valence-corrected chi connectivity index (χ4v) is 1.18. The van der Waals surface area contributed by atoms with E-state index in [9.17, 15) is 13.6 Å². The second-order valence-corrected chi connectivity index (χ2v) is 3.04. The Morgan fingerprint density at radius 3 is 2.71 bits per heavy atom. The molecule has 1 rings (SSSR count). The molecular formula is C9H6ClF2NO. The van der Waals surface area contributed by atoms with Gasteiger partial charge in [0.25, 0.3) is 0 Å². The van der Waals surface area contributed by atoms with Crippen molar-refractivity contribution in [3.05, 3.63) is 34.4 Å². The van der Waals surface area contributed by atoms with E-state index in [1.807, 2.05) is 0 Å². The monoisotopic (exact) mass is 217 g/mol. The van der Waals surface area contributed by atoms with Crippen LogP contribution in [0.25, 0.3) is 0 Å². The molecule has 0 aliphatic carbocycles. The molecule has 0 heterocycles. The van der Waals surface area contributed by atoms with E-state index in [1.54, 1.807) is 0 Å². The van der Waals surface area contributed by atoms with Gasteiger partial charge in [-0.15, -0.1) is 0 Å². The topological polar surface area (TPSA) is 29.4 Å². The molecule has 0 fully saturated rings. The lowest BCUT2D eigenvalue weighted by molar-refractivity contribution is 0.550. The average Bonchev–Trinajstić information content (AvgIpc) is 2.15. The van der Waals surface area contributed by atoms with Crippen molar-refractivity contribution in [1.82, 2.24) is 0 Å². The van der Waals surface area contributed by atoms with Crippen LogP contribution in [0.2, 0.25) is 5.02 Å². The van der Waals surface area contributed by atoms with Crippen LogP contribution in [0.4, 0.5) is 8.78 Å². The van der Waals surface area contributed by atoms with Crippen LogP contribution in [-0.2, 0) is 4.79 Å². The van der Waals surface area contributed by atoms with Crippen LogP contribution in [-0.4, -0.2) is 6.08 Å². The second kappa shape index (κ2) is 4.31. The second-order valence-electron chi connectivity index (χ2n) is 2.66. The first-order valence-electron chi connectivity index (χ1n) is 3.78. The summed E-state index contributed by atoms with van der Waals surface area (Å²) in [6, 6.07) is 1.50. The Morgan fingerprint density at radius 1 is 1.50 bits per heavy atom. The molecule has 0 aromatic heterocycles. The van der Waals surface area contributed by atoms with Gasteiger partial charge in [-0.3, -0.25) is 0 Å². The highest BCUT2D eigenvalue weighted by Gasteiger charge is 2.15. The molecule has 0 N–H and O–H groups in total. The summed E-state index contributed by atoms with van der Waals surface area (Å²) in [5.41, 5.74) is 0.0692. The maximum Gasteiger partial charge on any atom is 0.235 e. The molecule has 0 saturated carbocycles. The average molecular weight is 218 g/mol. The van der Waals surface area contributed by atoms with Gasteiger partial charge in [-0.2, -0.15) is 4.99 Å². The molecule has 1 aromatic rings. The first-order chi connectivity index (χ1) is 6.57. The molecule has 14 heavy (non-hydrogen) atoms. The van der Waals surface area contributed by atoms with Gasteiger partial charge < -0.3 is 0 Å². The Bertz CT molecular complexity index is 402. The Hall–Kier alpha value is -1.25. The van der Waals surface area contributed by atoms with Crippen LogP contribution < -0.4 is 0 Å². The Kier molecular flexibility index (Phi) is 3.33. The summed E-state index contributed by atoms with van der Waals surface area (Å²) in [5, 5.41) is -0.588. The van der Waals surface area contributed by atoms with Gasteiger partial charge in [-0.1, -0.05) is 17.7 Å². The largest absolute Gasteiger partial charge is 0.235 e. The number of benzene rings is 1. The summed E-state index contributed by atoms with van der Waals surface area (Å²) in [5.74, 6) is -1.73. The maximum atomic E-state index is 13.3. The number of nitrogens with zero attached hydrogens (tertiary/aromatic N) is 1. The minimum atomic E-state index is -0.891. The lowest BCUT2D eigenvalue weighted by atomic mass is 10.1. The van der Waals surface area contributed by atoms with Gasteiger partial charge in [0.1, 0.15) is 16.7 Å². The summed E-state index contributed by atoms with van der Waals surface area (Å²) >= 11 is 5.34. The standard InChI is InChI=1S/C9H6ClF2NO/c1-5(13-4-14)6-2-3-7(11)8(10)9(6)12/h2-3,5H,1H3. The fourth-order valence-electron chi connectivity index (χ4n) is 1.01. The Balaban J connectivity index is 3.23. The quantitative estimate of drug-likeness (QED) is 0.425. The van der Waals surface area contributed by atoms with Gasteiger partial charge in [0.05, 0.1) is 6.04 Å². The lowest BCUT2D eigenvalue weighted by Gasteiger charge is -2.07. The highest BCUT2D eigenvalue weighted by Crippen LogP contribution is 2.27. The minimum Gasteiger partial charge on any atom is -0.211 e. The van der Waals surface area contributed by atoms with Crippen LogP contribution in [0.3, 0.4) is 0 Å². The molecule has 2 nitrogen and oxygen atoms in total.